The van der Waals surface area contributed by atoms with Gasteiger partial charge in [0, 0.05) is 12.6 Å². The molecule has 0 spiro atoms. The maximum Gasteiger partial charge on any atom is 0.241 e. The largest absolute Gasteiger partial charge is 0.326 e. The molecule has 4 nitrogen and oxygen atoms in total. The van der Waals surface area contributed by atoms with Crippen molar-refractivity contribution in [3.63, 3.8) is 0 Å². The predicted octanol–water partition coefficient (Wildman–Crippen LogP) is 1.63. The lowest BCUT2D eigenvalue weighted by atomic mass is 10.1. The Labute approximate surface area is 119 Å². The van der Waals surface area contributed by atoms with E-state index in [1.54, 1.807) is 6.07 Å². The van der Waals surface area contributed by atoms with Gasteiger partial charge in [-0.2, -0.15) is 11.8 Å². The Hall–Kier alpha value is -0.560. The van der Waals surface area contributed by atoms with Gasteiger partial charge >= 0.3 is 0 Å². The Morgan fingerprint density at radius 2 is 2.05 bits per heavy atom. The first-order valence-electron chi connectivity index (χ1n) is 6.42. The second kappa shape index (κ2) is 6.26. The lowest BCUT2D eigenvalue weighted by molar-refractivity contribution is 0.528. The van der Waals surface area contributed by atoms with Gasteiger partial charge in [-0.15, -0.1) is 0 Å². The number of nitrogens with two attached hydrogens (primary N) is 1. The van der Waals surface area contributed by atoms with Crippen LogP contribution in [0.25, 0.3) is 0 Å². The number of hydrogen-bond acceptors (Lipinski definition) is 4. The summed E-state index contributed by atoms with van der Waals surface area (Å²) in [5, 5.41) is 0. The summed E-state index contributed by atoms with van der Waals surface area (Å²) in [4.78, 5) is 0.355. The molecule has 1 aromatic carbocycles. The van der Waals surface area contributed by atoms with Crippen molar-refractivity contribution in [2.45, 2.75) is 37.2 Å². The SMILES string of the molecule is Cc1ccc(CN)cc1S(=O)(=O)NC1CCSCC1. The summed E-state index contributed by atoms with van der Waals surface area (Å²) >= 11 is 1.88. The average molecular weight is 300 g/mol. The Morgan fingerprint density at radius 1 is 1.37 bits per heavy atom. The minimum atomic E-state index is -3.44. The Morgan fingerprint density at radius 3 is 2.68 bits per heavy atom. The third-order valence-electron chi connectivity index (χ3n) is 3.32. The van der Waals surface area contributed by atoms with Gasteiger partial charge in [-0.3, -0.25) is 0 Å². The minimum Gasteiger partial charge on any atom is -0.326 e. The van der Waals surface area contributed by atoms with Crippen molar-refractivity contribution in [2.24, 2.45) is 5.73 Å². The van der Waals surface area contributed by atoms with Crippen molar-refractivity contribution < 1.29 is 8.42 Å². The van der Waals surface area contributed by atoms with Crippen LogP contribution in [0.5, 0.6) is 0 Å². The third kappa shape index (κ3) is 3.72. The van der Waals surface area contributed by atoms with Gasteiger partial charge < -0.3 is 5.73 Å². The summed E-state index contributed by atoms with van der Waals surface area (Å²) in [5.41, 5.74) is 7.18. The molecule has 2 rings (SSSR count). The highest BCUT2D eigenvalue weighted by Crippen LogP contribution is 2.21. The van der Waals surface area contributed by atoms with E-state index in [2.05, 4.69) is 4.72 Å². The maximum absolute atomic E-state index is 12.4. The van der Waals surface area contributed by atoms with E-state index in [4.69, 9.17) is 5.73 Å². The van der Waals surface area contributed by atoms with Crippen LogP contribution in [-0.4, -0.2) is 26.0 Å². The summed E-state index contributed by atoms with van der Waals surface area (Å²) in [6.07, 6.45) is 1.80. The number of sulfonamides is 1. The van der Waals surface area contributed by atoms with Crippen LogP contribution in [0.3, 0.4) is 0 Å². The molecule has 0 amide bonds. The minimum absolute atomic E-state index is 0.0622. The molecule has 3 N–H and O–H groups in total. The summed E-state index contributed by atoms with van der Waals surface area (Å²) in [6, 6.07) is 5.42. The monoisotopic (exact) mass is 300 g/mol. The number of hydrogen-bond donors (Lipinski definition) is 2. The zero-order valence-corrected chi connectivity index (χ0v) is 12.7. The van der Waals surface area contributed by atoms with Crippen molar-refractivity contribution in [3.05, 3.63) is 29.3 Å². The topological polar surface area (TPSA) is 72.2 Å². The molecule has 0 aliphatic carbocycles. The van der Waals surface area contributed by atoms with Crippen molar-refractivity contribution in [1.29, 1.82) is 0 Å². The Bertz CT molecular complexity index is 538. The standard InChI is InChI=1S/C13H20N2O2S2/c1-10-2-3-11(9-14)8-13(10)19(16,17)15-12-4-6-18-7-5-12/h2-3,8,12,15H,4-7,9,14H2,1H3. The van der Waals surface area contributed by atoms with E-state index in [1.165, 1.54) is 0 Å². The zero-order valence-electron chi connectivity index (χ0n) is 11.1. The molecule has 0 unspecified atom stereocenters. The first kappa shape index (κ1) is 14.8. The van der Waals surface area contributed by atoms with Gasteiger partial charge in [-0.05, 0) is 48.5 Å². The van der Waals surface area contributed by atoms with E-state index in [0.29, 0.717) is 11.4 Å². The van der Waals surface area contributed by atoms with Gasteiger partial charge in [0.15, 0.2) is 0 Å². The van der Waals surface area contributed by atoms with Gasteiger partial charge in [0.25, 0.3) is 0 Å². The fourth-order valence-corrected chi connectivity index (χ4v) is 4.87. The summed E-state index contributed by atoms with van der Waals surface area (Å²) in [5.74, 6) is 2.05. The van der Waals surface area contributed by atoms with E-state index >= 15 is 0 Å². The first-order chi connectivity index (χ1) is 9.03. The lowest BCUT2D eigenvalue weighted by Crippen LogP contribution is -2.37. The highest BCUT2D eigenvalue weighted by Gasteiger charge is 2.23. The second-order valence-electron chi connectivity index (χ2n) is 4.81. The molecule has 106 valence electrons. The highest BCUT2D eigenvalue weighted by molar-refractivity contribution is 7.99. The molecule has 0 atom stereocenters. The molecule has 1 fully saturated rings. The fourth-order valence-electron chi connectivity index (χ4n) is 2.16. The Balaban J connectivity index is 2.23. The predicted molar refractivity (Wildman–Crippen MR) is 79.7 cm³/mol. The quantitative estimate of drug-likeness (QED) is 0.886. The molecule has 19 heavy (non-hydrogen) atoms. The van der Waals surface area contributed by atoms with E-state index in [9.17, 15) is 8.42 Å². The molecule has 0 aromatic heterocycles. The number of rotatable bonds is 4. The Kier molecular flexibility index (Phi) is 4.89. The maximum atomic E-state index is 12.4. The van der Waals surface area contributed by atoms with Crippen molar-refractivity contribution in [3.8, 4) is 0 Å². The summed E-state index contributed by atoms with van der Waals surface area (Å²) in [7, 11) is -3.44. The molecular formula is C13H20N2O2S2. The molecule has 1 aromatic rings. The molecular weight excluding hydrogens is 280 g/mol. The molecule has 1 heterocycles. The van der Waals surface area contributed by atoms with Crippen molar-refractivity contribution in [1.82, 2.24) is 4.72 Å². The smallest absolute Gasteiger partial charge is 0.241 e. The highest BCUT2D eigenvalue weighted by atomic mass is 32.2. The number of nitrogens with one attached hydrogen (secondary N) is 1. The van der Waals surface area contributed by atoms with Crippen LogP contribution >= 0.6 is 11.8 Å². The van der Waals surface area contributed by atoms with Crippen LogP contribution in [0.15, 0.2) is 23.1 Å². The van der Waals surface area contributed by atoms with Gasteiger partial charge in [0.1, 0.15) is 0 Å². The van der Waals surface area contributed by atoms with E-state index < -0.39 is 10.0 Å². The lowest BCUT2D eigenvalue weighted by Gasteiger charge is -2.23. The second-order valence-corrected chi connectivity index (χ2v) is 7.72. The average Bonchev–Trinajstić information content (AvgIpc) is 2.39. The fraction of sp³-hybridized carbons (Fsp3) is 0.538. The van der Waals surface area contributed by atoms with Gasteiger partial charge in [0.2, 0.25) is 10.0 Å². The number of thioether (sulfide) groups is 1. The van der Waals surface area contributed by atoms with Crippen LogP contribution in [0, 0.1) is 6.92 Å². The first-order valence-corrected chi connectivity index (χ1v) is 9.06. The van der Waals surface area contributed by atoms with E-state index in [1.807, 2.05) is 30.8 Å². The molecule has 0 saturated carbocycles. The van der Waals surface area contributed by atoms with Crippen LogP contribution in [0.4, 0.5) is 0 Å². The van der Waals surface area contributed by atoms with E-state index in [0.717, 1.165) is 35.5 Å². The molecule has 6 heteroatoms. The van der Waals surface area contributed by atoms with Crippen molar-refractivity contribution in [2.75, 3.05) is 11.5 Å². The summed E-state index contributed by atoms with van der Waals surface area (Å²) < 4.78 is 27.7. The normalized spacial score (nSPS) is 17.6. The van der Waals surface area contributed by atoms with Crippen molar-refractivity contribution >= 4 is 21.8 Å². The molecule has 1 aliphatic heterocycles. The number of aryl methyl sites for hydroxylation is 1. The van der Waals surface area contributed by atoms with Gasteiger partial charge in [-0.1, -0.05) is 12.1 Å². The number of benzene rings is 1. The zero-order chi connectivity index (χ0) is 13.9. The molecule has 0 bridgehead atoms. The third-order valence-corrected chi connectivity index (χ3v) is 6.03. The van der Waals surface area contributed by atoms with E-state index in [-0.39, 0.29) is 6.04 Å². The molecule has 1 aliphatic rings. The van der Waals surface area contributed by atoms with Crippen LogP contribution in [0.2, 0.25) is 0 Å². The van der Waals surface area contributed by atoms with Crippen LogP contribution in [-0.2, 0) is 16.6 Å². The summed E-state index contributed by atoms with van der Waals surface area (Å²) in [6.45, 7) is 2.16. The molecule has 1 saturated heterocycles. The molecule has 0 radical (unpaired) electrons. The van der Waals surface area contributed by atoms with Crippen LogP contribution < -0.4 is 10.5 Å². The van der Waals surface area contributed by atoms with Crippen LogP contribution in [0.1, 0.15) is 24.0 Å². The van der Waals surface area contributed by atoms with Gasteiger partial charge in [-0.25, -0.2) is 13.1 Å². The van der Waals surface area contributed by atoms with Gasteiger partial charge in [0.05, 0.1) is 4.90 Å².